The first-order valence-corrected chi connectivity index (χ1v) is 6.19. The Morgan fingerprint density at radius 1 is 1.39 bits per heavy atom. The minimum Gasteiger partial charge on any atom is -0.340 e. The van der Waals surface area contributed by atoms with Gasteiger partial charge in [-0.3, -0.25) is 4.79 Å². The van der Waals surface area contributed by atoms with E-state index in [1.54, 1.807) is 0 Å². The number of nitrogens with zero attached hydrogens (tertiary/aromatic N) is 1. The van der Waals surface area contributed by atoms with Crippen molar-refractivity contribution in [1.82, 2.24) is 10.2 Å². The summed E-state index contributed by atoms with van der Waals surface area (Å²) >= 11 is 0. The molecule has 1 fully saturated rings. The van der Waals surface area contributed by atoms with Gasteiger partial charge in [0.1, 0.15) is 0 Å². The number of likely N-dealkylation sites (N-methyl/N-ethyl adjacent to an activating group) is 1. The molecule has 0 unspecified atom stereocenters. The molecule has 1 aliphatic rings. The number of hydrogen-bond acceptors (Lipinski definition) is 2. The van der Waals surface area contributed by atoms with Gasteiger partial charge >= 0.3 is 0 Å². The largest absolute Gasteiger partial charge is 0.340 e. The first-order valence-electron chi connectivity index (χ1n) is 6.19. The van der Waals surface area contributed by atoms with Crippen molar-refractivity contribution in [2.45, 2.75) is 25.8 Å². The number of amides is 1. The van der Waals surface area contributed by atoms with Gasteiger partial charge in [-0.15, -0.1) is 12.4 Å². The Balaban J connectivity index is 0.00000162. The van der Waals surface area contributed by atoms with Crippen LogP contribution in [-0.4, -0.2) is 37.0 Å². The highest BCUT2D eigenvalue weighted by molar-refractivity contribution is 5.85. The molecule has 1 saturated heterocycles. The molecule has 1 aliphatic heterocycles. The molecule has 0 aliphatic carbocycles. The standard InChI is InChI=1S/C14H20N2O.ClH/c1-11-5-3-4-6-12(11)7-8-14(17)16(2)13-9-15-10-13;/h3-6,13,15H,7-10H2,1-2H3;1H. The van der Waals surface area contributed by atoms with Gasteiger partial charge in [-0.25, -0.2) is 0 Å². The van der Waals surface area contributed by atoms with Crippen molar-refractivity contribution in [3.8, 4) is 0 Å². The van der Waals surface area contributed by atoms with Crippen molar-refractivity contribution in [2.75, 3.05) is 20.1 Å². The topological polar surface area (TPSA) is 32.3 Å². The number of carbonyl (C=O) groups is 1. The second-order valence-corrected chi connectivity index (χ2v) is 4.74. The number of rotatable bonds is 4. The number of carbonyl (C=O) groups excluding carboxylic acids is 1. The summed E-state index contributed by atoms with van der Waals surface area (Å²) in [5.74, 6) is 0.250. The summed E-state index contributed by atoms with van der Waals surface area (Å²) in [6.07, 6.45) is 1.45. The Labute approximate surface area is 115 Å². The summed E-state index contributed by atoms with van der Waals surface area (Å²) in [6.45, 7) is 3.97. The van der Waals surface area contributed by atoms with E-state index in [0.29, 0.717) is 12.5 Å². The predicted molar refractivity (Wildman–Crippen MR) is 76.2 cm³/mol. The lowest BCUT2D eigenvalue weighted by molar-refractivity contribution is -0.132. The Kier molecular flexibility index (Phi) is 5.63. The summed E-state index contributed by atoms with van der Waals surface area (Å²) in [5, 5.41) is 3.19. The molecule has 3 nitrogen and oxygen atoms in total. The van der Waals surface area contributed by atoms with E-state index in [0.717, 1.165) is 19.5 Å². The Hall–Kier alpha value is -1.06. The monoisotopic (exact) mass is 268 g/mol. The molecule has 0 radical (unpaired) electrons. The normalized spacial score (nSPS) is 14.6. The van der Waals surface area contributed by atoms with Gasteiger partial charge in [0.15, 0.2) is 0 Å². The van der Waals surface area contributed by atoms with Crippen LogP contribution in [0.2, 0.25) is 0 Å². The van der Waals surface area contributed by atoms with Crippen molar-refractivity contribution in [1.29, 1.82) is 0 Å². The molecule has 100 valence electrons. The van der Waals surface area contributed by atoms with Gasteiger partial charge in [0, 0.05) is 26.6 Å². The van der Waals surface area contributed by atoms with Crippen molar-refractivity contribution in [3.63, 3.8) is 0 Å². The van der Waals surface area contributed by atoms with Gasteiger partial charge in [-0.1, -0.05) is 24.3 Å². The summed E-state index contributed by atoms with van der Waals surface area (Å²) in [7, 11) is 1.91. The zero-order valence-electron chi connectivity index (χ0n) is 11.0. The third-order valence-corrected chi connectivity index (χ3v) is 3.57. The molecule has 0 atom stereocenters. The maximum atomic E-state index is 12.0. The molecule has 1 N–H and O–H groups in total. The van der Waals surface area contributed by atoms with Gasteiger partial charge in [-0.05, 0) is 24.5 Å². The molecule has 0 bridgehead atoms. The lowest BCUT2D eigenvalue weighted by Crippen LogP contribution is -2.57. The summed E-state index contributed by atoms with van der Waals surface area (Å²) in [5.41, 5.74) is 2.55. The fourth-order valence-electron chi connectivity index (χ4n) is 2.06. The second kappa shape index (κ2) is 6.76. The fraction of sp³-hybridized carbons (Fsp3) is 0.500. The molecule has 4 heteroatoms. The van der Waals surface area contributed by atoms with Crippen LogP contribution in [0.15, 0.2) is 24.3 Å². The Bertz CT molecular complexity index is 405. The van der Waals surface area contributed by atoms with Crippen LogP contribution in [-0.2, 0) is 11.2 Å². The lowest BCUT2D eigenvalue weighted by atomic mass is 10.0. The molecule has 1 aromatic rings. The molecule has 0 saturated carbocycles. The molecular formula is C14H21ClN2O. The van der Waals surface area contributed by atoms with E-state index in [4.69, 9.17) is 0 Å². The number of benzene rings is 1. The Morgan fingerprint density at radius 2 is 2.06 bits per heavy atom. The molecule has 18 heavy (non-hydrogen) atoms. The molecular weight excluding hydrogens is 248 g/mol. The number of hydrogen-bond donors (Lipinski definition) is 1. The van der Waals surface area contributed by atoms with Crippen LogP contribution in [0.25, 0.3) is 0 Å². The molecule has 0 aromatic heterocycles. The zero-order chi connectivity index (χ0) is 12.3. The SMILES string of the molecule is Cc1ccccc1CCC(=O)N(C)C1CNC1.Cl. The van der Waals surface area contributed by atoms with Crippen molar-refractivity contribution in [2.24, 2.45) is 0 Å². The highest BCUT2D eigenvalue weighted by Gasteiger charge is 2.24. The van der Waals surface area contributed by atoms with Crippen molar-refractivity contribution >= 4 is 18.3 Å². The van der Waals surface area contributed by atoms with Crippen LogP contribution in [0, 0.1) is 6.92 Å². The first kappa shape index (κ1) is 15.0. The summed E-state index contributed by atoms with van der Waals surface area (Å²) < 4.78 is 0. The number of nitrogens with one attached hydrogen (secondary N) is 1. The van der Waals surface area contributed by atoms with Gasteiger partial charge in [0.05, 0.1) is 6.04 Å². The maximum Gasteiger partial charge on any atom is 0.222 e. The van der Waals surface area contributed by atoms with E-state index in [1.807, 2.05) is 24.1 Å². The quantitative estimate of drug-likeness (QED) is 0.903. The van der Waals surface area contributed by atoms with Crippen LogP contribution in [0.1, 0.15) is 17.5 Å². The summed E-state index contributed by atoms with van der Waals surface area (Å²) in [4.78, 5) is 13.8. The van der Waals surface area contributed by atoms with Crippen LogP contribution in [0.3, 0.4) is 0 Å². The van der Waals surface area contributed by atoms with E-state index in [9.17, 15) is 4.79 Å². The van der Waals surface area contributed by atoms with Crippen LogP contribution >= 0.6 is 12.4 Å². The zero-order valence-corrected chi connectivity index (χ0v) is 11.8. The third kappa shape index (κ3) is 3.47. The van der Waals surface area contributed by atoms with Crippen LogP contribution in [0.4, 0.5) is 0 Å². The molecule has 0 spiro atoms. The third-order valence-electron chi connectivity index (χ3n) is 3.57. The maximum absolute atomic E-state index is 12.0. The minimum atomic E-state index is 0. The molecule has 1 amide bonds. The average molecular weight is 269 g/mol. The van der Waals surface area contributed by atoms with E-state index < -0.39 is 0 Å². The smallest absolute Gasteiger partial charge is 0.222 e. The van der Waals surface area contributed by atoms with Crippen LogP contribution in [0.5, 0.6) is 0 Å². The molecule has 1 aromatic carbocycles. The second-order valence-electron chi connectivity index (χ2n) is 4.74. The first-order chi connectivity index (χ1) is 8.18. The Morgan fingerprint density at radius 3 is 2.61 bits per heavy atom. The van der Waals surface area contributed by atoms with Gasteiger partial charge < -0.3 is 10.2 Å². The molecule has 2 rings (SSSR count). The summed E-state index contributed by atoms with van der Waals surface area (Å²) in [6, 6.07) is 8.67. The highest BCUT2D eigenvalue weighted by Crippen LogP contribution is 2.11. The van der Waals surface area contributed by atoms with E-state index in [1.165, 1.54) is 11.1 Å². The van der Waals surface area contributed by atoms with E-state index >= 15 is 0 Å². The van der Waals surface area contributed by atoms with Gasteiger partial charge in [0.2, 0.25) is 5.91 Å². The van der Waals surface area contributed by atoms with Crippen molar-refractivity contribution < 1.29 is 4.79 Å². The number of halogens is 1. The number of aryl methyl sites for hydroxylation is 2. The minimum absolute atomic E-state index is 0. The van der Waals surface area contributed by atoms with Gasteiger partial charge in [0.25, 0.3) is 0 Å². The average Bonchev–Trinajstić information content (AvgIpc) is 2.25. The van der Waals surface area contributed by atoms with E-state index in [-0.39, 0.29) is 18.3 Å². The van der Waals surface area contributed by atoms with Gasteiger partial charge in [-0.2, -0.15) is 0 Å². The molecule has 1 heterocycles. The predicted octanol–water partition coefficient (Wildman–Crippen LogP) is 1.78. The van der Waals surface area contributed by atoms with E-state index in [2.05, 4.69) is 24.4 Å². The highest BCUT2D eigenvalue weighted by atomic mass is 35.5. The lowest BCUT2D eigenvalue weighted by Gasteiger charge is -2.35. The fourth-order valence-corrected chi connectivity index (χ4v) is 2.06. The van der Waals surface area contributed by atoms with Crippen molar-refractivity contribution in [3.05, 3.63) is 35.4 Å². The van der Waals surface area contributed by atoms with Crippen LogP contribution < -0.4 is 5.32 Å².